The normalized spacial score (nSPS) is 10.6. The van der Waals surface area contributed by atoms with E-state index in [1.165, 1.54) is 0 Å². The number of hydrogen-bond acceptors (Lipinski definition) is 4. The minimum absolute atomic E-state index is 0.604. The molecule has 2 aromatic rings. The van der Waals surface area contributed by atoms with Crippen LogP contribution >= 0.6 is 0 Å². The largest absolute Gasteiger partial charge is 0.399 e. The smallest absolute Gasteiger partial charge is 0.227 e. The molecule has 0 saturated heterocycles. The molecule has 0 aliphatic carbocycles. The molecule has 0 unspecified atom stereocenters. The summed E-state index contributed by atoms with van der Waals surface area (Å²) in [6.45, 7) is 4.36. The van der Waals surface area contributed by atoms with Crippen LogP contribution < -0.4 is 11.1 Å². The Morgan fingerprint density at radius 2 is 1.72 bits per heavy atom. The third kappa shape index (κ3) is 3.45. The average molecular weight is 242 g/mol. The lowest BCUT2D eigenvalue weighted by Crippen LogP contribution is -2.00. The van der Waals surface area contributed by atoms with Gasteiger partial charge in [0.25, 0.3) is 0 Å². The highest BCUT2D eigenvalue weighted by Gasteiger charge is 2.01. The molecule has 0 aliphatic rings. The van der Waals surface area contributed by atoms with E-state index in [9.17, 15) is 0 Å². The highest BCUT2D eigenvalue weighted by molar-refractivity contribution is 5.56. The van der Waals surface area contributed by atoms with Crippen molar-refractivity contribution in [1.29, 1.82) is 0 Å². The van der Waals surface area contributed by atoms with Crippen LogP contribution in [0, 0.1) is 5.92 Å². The first-order chi connectivity index (χ1) is 8.63. The molecule has 0 radical (unpaired) electrons. The molecule has 0 spiro atoms. The number of anilines is 3. The molecule has 0 amide bonds. The van der Waals surface area contributed by atoms with Gasteiger partial charge in [0.05, 0.1) is 0 Å². The molecule has 1 aromatic heterocycles. The van der Waals surface area contributed by atoms with E-state index in [0.29, 0.717) is 11.9 Å². The van der Waals surface area contributed by atoms with Crippen molar-refractivity contribution in [2.75, 3.05) is 11.1 Å². The van der Waals surface area contributed by atoms with Gasteiger partial charge in [-0.2, -0.15) is 0 Å². The summed E-state index contributed by atoms with van der Waals surface area (Å²) in [5, 5.41) is 3.13. The Balaban J connectivity index is 2.04. The van der Waals surface area contributed by atoms with Gasteiger partial charge in [-0.3, -0.25) is 0 Å². The van der Waals surface area contributed by atoms with Crippen molar-refractivity contribution >= 4 is 17.3 Å². The summed E-state index contributed by atoms with van der Waals surface area (Å²) in [5.74, 6) is 1.22. The van der Waals surface area contributed by atoms with Crippen molar-refractivity contribution in [3.05, 3.63) is 42.2 Å². The standard InChI is InChI=1S/C14H18N4/c1-10(2)7-11-8-16-14(17-9-11)18-13-5-3-12(15)4-6-13/h3-6,8-10H,7,15H2,1-2H3,(H,16,17,18). The Morgan fingerprint density at radius 1 is 1.11 bits per heavy atom. The Labute approximate surface area is 107 Å². The maximum absolute atomic E-state index is 5.63. The van der Waals surface area contributed by atoms with Gasteiger partial charge in [-0.15, -0.1) is 0 Å². The van der Waals surface area contributed by atoms with Crippen LogP contribution in [0.25, 0.3) is 0 Å². The molecule has 18 heavy (non-hydrogen) atoms. The SMILES string of the molecule is CC(C)Cc1cnc(Nc2ccc(N)cc2)nc1. The third-order valence-corrected chi connectivity index (χ3v) is 2.52. The number of nitrogens with zero attached hydrogens (tertiary/aromatic N) is 2. The zero-order valence-corrected chi connectivity index (χ0v) is 10.7. The number of hydrogen-bond donors (Lipinski definition) is 2. The van der Waals surface area contributed by atoms with Crippen LogP contribution in [-0.4, -0.2) is 9.97 Å². The highest BCUT2D eigenvalue weighted by Crippen LogP contribution is 2.15. The third-order valence-electron chi connectivity index (χ3n) is 2.52. The summed E-state index contributed by atoms with van der Waals surface area (Å²) < 4.78 is 0. The molecule has 2 rings (SSSR count). The summed E-state index contributed by atoms with van der Waals surface area (Å²) in [7, 11) is 0. The van der Waals surface area contributed by atoms with Gasteiger partial charge in [0.1, 0.15) is 0 Å². The first-order valence-corrected chi connectivity index (χ1v) is 6.07. The lowest BCUT2D eigenvalue weighted by molar-refractivity contribution is 0.644. The summed E-state index contributed by atoms with van der Waals surface area (Å²) in [6, 6.07) is 7.49. The van der Waals surface area contributed by atoms with Gasteiger partial charge in [-0.05, 0) is 42.2 Å². The van der Waals surface area contributed by atoms with Crippen molar-refractivity contribution in [2.24, 2.45) is 5.92 Å². The quantitative estimate of drug-likeness (QED) is 0.809. The van der Waals surface area contributed by atoms with Crippen molar-refractivity contribution in [1.82, 2.24) is 9.97 Å². The van der Waals surface area contributed by atoms with Crippen LogP contribution in [0.1, 0.15) is 19.4 Å². The van der Waals surface area contributed by atoms with Crippen LogP contribution in [0.5, 0.6) is 0 Å². The summed E-state index contributed by atoms with van der Waals surface area (Å²) >= 11 is 0. The minimum Gasteiger partial charge on any atom is -0.399 e. The van der Waals surface area contributed by atoms with E-state index in [-0.39, 0.29) is 0 Å². The summed E-state index contributed by atoms with van der Waals surface area (Å²) in [4.78, 5) is 8.59. The molecule has 0 bridgehead atoms. The lowest BCUT2D eigenvalue weighted by Gasteiger charge is -2.07. The lowest BCUT2D eigenvalue weighted by atomic mass is 10.1. The van der Waals surface area contributed by atoms with Gasteiger partial charge in [-0.1, -0.05) is 13.8 Å². The van der Waals surface area contributed by atoms with Gasteiger partial charge >= 0.3 is 0 Å². The van der Waals surface area contributed by atoms with E-state index in [4.69, 9.17) is 5.73 Å². The van der Waals surface area contributed by atoms with Crippen LogP contribution in [0.2, 0.25) is 0 Å². The van der Waals surface area contributed by atoms with E-state index in [0.717, 1.165) is 23.4 Å². The van der Waals surface area contributed by atoms with E-state index < -0.39 is 0 Å². The fraction of sp³-hybridized carbons (Fsp3) is 0.286. The van der Waals surface area contributed by atoms with Gasteiger partial charge in [0.15, 0.2) is 0 Å². The summed E-state index contributed by atoms with van der Waals surface area (Å²) in [6.07, 6.45) is 4.74. The van der Waals surface area contributed by atoms with Crippen LogP contribution in [0.4, 0.5) is 17.3 Å². The maximum atomic E-state index is 5.63. The first kappa shape index (κ1) is 12.4. The Hall–Kier alpha value is -2.10. The zero-order valence-electron chi connectivity index (χ0n) is 10.7. The molecule has 0 saturated carbocycles. The van der Waals surface area contributed by atoms with Gasteiger partial charge in [0, 0.05) is 23.8 Å². The second kappa shape index (κ2) is 5.49. The minimum atomic E-state index is 0.604. The average Bonchev–Trinajstić information content (AvgIpc) is 2.34. The first-order valence-electron chi connectivity index (χ1n) is 6.07. The number of rotatable bonds is 4. The topological polar surface area (TPSA) is 63.8 Å². The molecular weight excluding hydrogens is 224 g/mol. The van der Waals surface area contributed by atoms with Gasteiger partial charge < -0.3 is 11.1 Å². The molecule has 1 aromatic carbocycles. The van der Waals surface area contributed by atoms with E-state index in [1.54, 1.807) is 0 Å². The molecule has 3 N–H and O–H groups in total. The Kier molecular flexibility index (Phi) is 3.77. The van der Waals surface area contributed by atoms with E-state index in [2.05, 4.69) is 29.1 Å². The predicted molar refractivity (Wildman–Crippen MR) is 74.7 cm³/mol. The number of nitrogens with one attached hydrogen (secondary N) is 1. The number of aromatic nitrogens is 2. The number of benzene rings is 1. The fourth-order valence-corrected chi connectivity index (χ4v) is 1.69. The molecule has 4 heteroatoms. The fourth-order valence-electron chi connectivity index (χ4n) is 1.69. The van der Waals surface area contributed by atoms with Crippen LogP contribution in [-0.2, 0) is 6.42 Å². The number of nitrogens with two attached hydrogens (primary N) is 1. The van der Waals surface area contributed by atoms with Gasteiger partial charge in [-0.25, -0.2) is 9.97 Å². The molecule has 0 atom stereocenters. The van der Waals surface area contributed by atoms with E-state index >= 15 is 0 Å². The van der Waals surface area contributed by atoms with E-state index in [1.807, 2.05) is 36.7 Å². The Bertz CT molecular complexity index is 488. The van der Waals surface area contributed by atoms with Crippen molar-refractivity contribution in [3.63, 3.8) is 0 Å². The molecule has 0 fully saturated rings. The summed E-state index contributed by atoms with van der Waals surface area (Å²) in [5.41, 5.74) is 8.46. The maximum Gasteiger partial charge on any atom is 0.227 e. The monoisotopic (exact) mass is 242 g/mol. The van der Waals surface area contributed by atoms with Crippen molar-refractivity contribution < 1.29 is 0 Å². The van der Waals surface area contributed by atoms with Gasteiger partial charge in [0.2, 0.25) is 5.95 Å². The Morgan fingerprint density at radius 3 is 2.28 bits per heavy atom. The molecular formula is C14H18N4. The van der Waals surface area contributed by atoms with Crippen LogP contribution in [0.15, 0.2) is 36.7 Å². The highest BCUT2D eigenvalue weighted by atomic mass is 15.1. The second-order valence-corrected chi connectivity index (χ2v) is 4.76. The molecule has 94 valence electrons. The molecule has 1 heterocycles. The molecule has 0 aliphatic heterocycles. The van der Waals surface area contributed by atoms with Crippen molar-refractivity contribution in [2.45, 2.75) is 20.3 Å². The second-order valence-electron chi connectivity index (χ2n) is 4.76. The zero-order chi connectivity index (χ0) is 13.0. The van der Waals surface area contributed by atoms with Crippen molar-refractivity contribution in [3.8, 4) is 0 Å². The van der Waals surface area contributed by atoms with Crippen LogP contribution in [0.3, 0.4) is 0 Å². The molecule has 4 nitrogen and oxygen atoms in total. The number of nitrogen functional groups attached to an aromatic ring is 1. The predicted octanol–water partition coefficient (Wildman–Crippen LogP) is 3.00.